The van der Waals surface area contributed by atoms with Crippen LogP contribution in [-0.4, -0.2) is 88.2 Å². The van der Waals surface area contributed by atoms with Crippen molar-refractivity contribution in [2.75, 3.05) is 27.7 Å². The SMILES string of the molecule is CN(C)[C@H]1C(O)C(C(N)=O)C(=O)[C@]2(O)C(=O)C3=C(O)c4c(O)c(-c5ccc6c(c5)OCO6)cc(-c5ccc6c(c5)OCO6)c4C[C@@H]3C[C@H]12. The summed E-state index contributed by atoms with van der Waals surface area (Å²) in [4.78, 5) is 42.0. The lowest BCUT2D eigenvalue weighted by Gasteiger charge is -2.53. The zero-order chi connectivity index (χ0) is 33.8. The number of phenols is 1. The van der Waals surface area contributed by atoms with E-state index < -0.39 is 58.7 Å². The Balaban J connectivity index is 1.35. The quantitative estimate of drug-likeness (QED) is 0.256. The Bertz CT molecular complexity index is 1990. The average molecular weight is 657 g/mol. The van der Waals surface area contributed by atoms with Crippen molar-refractivity contribution in [2.45, 2.75) is 30.6 Å². The van der Waals surface area contributed by atoms with E-state index in [-0.39, 0.29) is 43.3 Å². The number of carbonyl (C=O) groups is 3. The maximum absolute atomic E-state index is 14.4. The van der Waals surface area contributed by atoms with E-state index in [2.05, 4.69) is 0 Å². The predicted octanol–water partition coefficient (Wildman–Crippen LogP) is 1.92. The van der Waals surface area contributed by atoms with Crippen LogP contribution in [0.25, 0.3) is 28.0 Å². The van der Waals surface area contributed by atoms with Gasteiger partial charge in [0.2, 0.25) is 25.3 Å². The summed E-state index contributed by atoms with van der Waals surface area (Å²) in [6.45, 7) is 0.100. The number of aliphatic hydroxyl groups excluding tert-OH is 2. The molecular weight excluding hydrogens is 624 g/mol. The van der Waals surface area contributed by atoms with Gasteiger partial charge in [-0.1, -0.05) is 12.1 Å². The average Bonchev–Trinajstić information content (AvgIpc) is 3.71. The van der Waals surface area contributed by atoms with Crippen molar-refractivity contribution in [3.05, 3.63) is 59.2 Å². The minimum atomic E-state index is -2.75. The van der Waals surface area contributed by atoms with E-state index in [4.69, 9.17) is 24.7 Å². The van der Waals surface area contributed by atoms with Gasteiger partial charge in [0.05, 0.1) is 11.7 Å². The highest BCUT2D eigenvalue weighted by atomic mass is 16.7. The smallest absolute Gasteiger partial charge is 0.231 e. The third kappa shape index (κ3) is 4.04. The van der Waals surface area contributed by atoms with Gasteiger partial charge in [0.25, 0.3) is 0 Å². The van der Waals surface area contributed by atoms with Crippen molar-refractivity contribution < 1.29 is 53.8 Å². The minimum absolute atomic E-state index is 0.00343. The largest absolute Gasteiger partial charge is 0.507 e. The first-order valence-corrected chi connectivity index (χ1v) is 15.5. The number of carbonyl (C=O) groups excluding carboxylic acids is 3. The summed E-state index contributed by atoms with van der Waals surface area (Å²) in [5.41, 5.74) is 5.17. The Kier molecular flexibility index (Phi) is 6.58. The first-order valence-electron chi connectivity index (χ1n) is 15.5. The predicted molar refractivity (Wildman–Crippen MR) is 167 cm³/mol. The summed E-state index contributed by atoms with van der Waals surface area (Å²) < 4.78 is 22.2. The first-order chi connectivity index (χ1) is 22.9. The Hall–Kier alpha value is -5.11. The number of benzene rings is 3. The second kappa shape index (κ2) is 10.4. The fourth-order valence-electron chi connectivity index (χ4n) is 8.28. The second-order valence-corrected chi connectivity index (χ2v) is 13.1. The highest BCUT2D eigenvalue weighted by molar-refractivity contribution is 6.25. The summed E-state index contributed by atoms with van der Waals surface area (Å²) >= 11 is 0. The van der Waals surface area contributed by atoms with Gasteiger partial charge in [0.1, 0.15) is 17.4 Å². The van der Waals surface area contributed by atoms with Crippen LogP contribution < -0.4 is 24.7 Å². The molecule has 3 aliphatic carbocycles. The molecule has 3 aromatic carbocycles. The van der Waals surface area contributed by atoms with Gasteiger partial charge in [0.15, 0.2) is 34.4 Å². The van der Waals surface area contributed by atoms with Crippen LogP contribution in [0, 0.1) is 17.8 Å². The first kappa shape index (κ1) is 30.2. The van der Waals surface area contributed by atoms with E-state index in [0.717, 1.165) is 0 Å². The number of fused-ring (bicyclic) bond motifs is 5. The number of phenolic OH excluding ortho intramolecular Hbond substituents is 1. The molecule has 13 nitrogen and oxygen atoms in total. The molecule has 13 heteroatoms. The zero-order valence-electron chi connectivity index (χ0n) is 25.9. The molecule has 2 unspecified atom stereocenters. The molecule has 48 heavy (non-hydrogen) atoms. The highest BCUT2D eigenvalue weighted by Crippen LogP contribution is 2.55. The maximum Gasteiger partial charge on any atom is 0.231 e. The number of ketones is 2. The van der Waals surface area contributed by atoms with Crippen LogP contribution in [0.1, 0.15) is 17.5 Å². The topological polar surface area (TPSA) is 198 Å². The summed E-state index contributed by atoms with van der Waals surface area (Å²) in [5.74, 6) is -6.00. The van der Waals surface area contributed by atoms with Crippen LogP contribution in [0.3, 0.4) is 0 Å². The van der Waals surface area contributed by atoms with E-state index in [1.165, 1.54) is 0 Å². The standard InChI is InChI=1S/C35H32N2O11/c1-37(2)28-20-8-16-7-19-17(14-3-5-21-23(9-14)47-12-45-21)11-18(15-4-6-22-24(10-15)48-13-46-22)29(38)26(19)30(39)25(16)32(41)35(20,44)33(42)27(31(28)40)34(36)43/h3-6,9-11,16,20,27-28,31,38-40,44H,7-8,12-13H2,1-2H3,(H2,36,43)/t16-,20-,27?,28-,31?,35-/m1/s1. The van der Waals surface area contributed by atoms with Crippen LogP contribution in [0.4, 0.5) is 0 Å². The number of hydrogen-bond acceptors (Lipinski definition) is 12. The number of rotatable bonds is 4. The molecule has 0 saturated heterocycles. The molecule has 0 bridgehead atoms. The molecule has 2 aliphatic heterocycles. The third-order valence-corrected chi connectivity index (χ3v) is 10.5. The molecule has 0 aromatic heterocycles. The fourth-order valence-corrected chi connectivity index (χ4v) is 8.28. The lowest BCUT2D eigenvalue weighted by atomic mass is 9.54. The third-order valence-electron chi connectivity index (χ3n) is 10.5. The number of amides is 1. The number of ether oxygens (including phenoxy) is 4. The van der Waals surface area contributed by atoms with Crippen molar-refractivity contribution in [1.82, 2.24) is 4.90 Å². The van der Waals surface area contributed by atoms with Gasteiger partial charge in [-0.15, -0.1) is 0 Å². The lowest BCUT2D eigenvalue weighted by Crippen LogP contribution is -2.73. The highest BCUT2D eigenvalue weighted by Gasteiger charge is 2.67. The van der Waals surface area contributed by atoms with Crippen molar-refractivity contribution >= 4 is 23.2 Å². The van der Waals surface area contributed by atoms with E-state index in [0.29, 0.717) is 50.8 Å². The van der Waals surface area contributed by atoms with E-state index in [9.17, 15) is 34.8 Å². The lowest BCUT2D eigenvalue weighted by molar-refractivity contribution is -0.184. The molecule has 0 radical (unpaired) electrons. The van der Waals surface area contributed by atoms with E-state index >= 15 is 0 Å². The fraction of sp³-hybridized carbons (Fsp3) is 0.343. The van der Waals surface area contributed by atoms with Crippen molar-refractivity contribution in [3.63, 3.8) is 0 Å². The van der Waals surface area contributed by atoms with Crippen LogP contribution >= 0.6 is 0 Å². The normalized spacial score (nSPS) is 28.3. The number of hydrogen-bond donors (Lipinski definition) is 5. The minimum Gasteiger partial charge on any atom is -0.507 e. The van der Waals surface area contributed by atoms with Crippen LogP contribution in [0.5, 0.6) is 28.7 Å². The number of aromatic hydroxyl groups is 1. The number of likely N-dealkylation sites (N-methyl/N-ethyl adjacent to an activating group) is 1. The molecule has 0 spiro atoms. The molecule has 6 N–H and O–H groups in total. The maximum atomic E-state index is 14.4. The molecule has 2 heterocycles. The molecule has 5 aliphatic rings. The second-order valence-electron chi connectivity index (χ2n) is 13.1. The van der Waals surface area contributed by atoms with Gasteiger partial charge in [-0.2, -0.15) is 0 Å². The number of nitrogens with zero attached hydrogens (tertiary/aromatic N) is 1. The van der Waals surface area contributed by atoms with Crippen LogP contribution in [0.15, 0.2) is 48.0 Å². The van der Waals surface area contributed by atoms with Gasteiger partial charge in [0, 0.05) is 23.1 Å². The zero-order valence-corrected chi connectivity index (χ0v) is 25.9. The molecule has 2 saturated carbocycles. The van der Waals surface area contributed by atoms with E-state index in [1.54, 1.807) is 55.4 Å². The Morgan fingerprint density at radius 3 is 2.06 bits per heavy atom. The number of nitrogens with two attached hydrogens (primary N) is 1. The van der Waals surface area contributed by atoms with Gasteiger partial charge in [-0.05, 0) is 85.4 Å². The van der Waals surface area contributed by atoms with Crippen LogP contribution in [-0.2, 0) is 20.8 Å². The van der Waals surface area contributed by atoms with Gasteiger partial charge in [-0.3, -0.25) is 14.4 Å². The van der Waals surface area contributed by atoms with Gasteiger partial charge >= 0.3 is 0 Å². The summed E-state index contributed by atoms with van der Waals surface area (Å²) in [6, 6.07) is 11.3. The molecule has 2 fully saturated rings. The van der Waals surface area contributed by atoms with Crippen molar-refractivity contribution in [2.24, 2.45) is 23.5 Å². The van der Waals surface area contributed by atoms with Crippen molar-refractivity contribution in [1.29, 1.82) is 0 Å². The summed E-state index contributed by atoms with van der Waals surface area (Å²) in [6.07, 6.45) is -1.44. The Morgan fingerprint density at radius 1 is 0.896 bits per heavy atom. The monoisotopic (exact) mass is 656 g/mol. The number of primary amides is 1. The van der Waals surface area contributed by atoms with Gasteiger partial charge in [-0.25, -0.2) is 0 Å². The molecule has 1 amide bonds. The molecule has 6 atom stereocenters. The van der Waals surface area contributed by atoms with Crippen LogP contribution in [0.2, 0.25) is 0 Å². The Morgan fingerprint density at radius 2 is 1.48 bits per heavy atom. The summed E-state index contributed by atoms with van der Waals surface area (Å²) in [7, 11) is 3.22. The molecule has 3 aromatic rings. The van der Waals surface area contributed by atoms with Crippen molar-refractivity contribution in [3.8, 4) is 51.0 Å². The molecular formula is C35H32N2O11. The molecule has 248 valence electrons. The van der Waals surface area contributed by atoms with Gasteiger partial charge < -0.3 is 50.0 Å². The van der Waals surface area contributed by atoms with E-state index in [1.807, 2.05) is 6.07 Å². The number of aliphatic hydroxyl groups is 3. The summed E-state index contributed by atoms with van der Waals surface area (Å²) in [5, 5.41) is 47.0. The number of Topliss-reactive ketones (excluding diaryl/α,β-unsaturated/α-hetero) is 2. The molecule has 8 rings (SSSR count). The Labute approximate surface area is 273 Å².